The van der Waals surface area contributed by atoms with Crippen LogP contribution in [0.3, 0.4) is 0 Å². The number of benzene rings is 2. The number of hydrogen-bond donors (Lipinski definition) is 0. The zero-order valence-electron chi connectivity index (χ0n) is 12.6. The van der Waals surface area contributed by atoms with Crippen molar-refractivity contribution in [3.05, 3.63) is 67.7 Å². The van der Waals surface area contributed by atoms with Gasteiger partial charge in [-0.2, -0.15) is 0 Å². The summed E-state index contributed by atoms with van der Waals surface area (Å²) >= 11 is 5.64. The average Bonchev–Trinajstić information content (AvgIpc) is 2.54. The zero-order valence-corrected chi connectivity index (χ0v) is 16.3. The van der Waals surface area contributed by atoms with Crippen molar-refractivity contribution in [1.29, 1.82) is 0 Å². The first-order valence-corrected chi connectivity index (χ1v) is 8.97. The largest absolute Gasteiger partial charge is 0.488 e. The molecule has 2 rings (SSSR count). The van der Waals surface area contributed by atoms with Gasteiger partial charge < -0.3 is 9.47 Å². The first-order chi connectivity index (χ1) is 11.1. The maximum atomic E-state index is 11.3. The van der Waals surface area contributed by atoms with E-state index in [-0.39, 0.29) is 5.97 Å². The maximum absolute atomic E-state index is 11.3. The molecule has 0 aromatic heterocycles. The third-order valence-electron chi connectivity index (χ3n) is 2.96. The average molecular weight is 487 g/mol. The van der Waals surface area contributed by atoms with Crippen LogP contribution in [0, 0.1) is 3.57 Å². The number of ether oxygens (including phenoxy) is 2. The molecule has 0 fully saturated rings. The van der Waals surface area contributed by atoms with Crippen LogP contribution in [0.1, 0.15) is 18.1 Å². The fourth-order valence-electron chi connectivity index (χ4n) is 1.83. The van der Waals surface area contributed by atoms with Gasteiger partial charge in [-0.1, -0.05) is 34.1 Å². The second-order valence-electron chi connectivity index (χ2n) is 4.69. The van der Waals surface area contributed by atoms with E-state index in [4.69, 9.17) is 9.47 Å². The summed E-state index contributed by atoms with van der Waals surface area (Å²) in [6.07, 6.45) is 3.16. The third kappa shape index (κ3) is 5.99. The highest BCUT2D eigenvalue weighted by Gasteiger charge is 2.03. The van der Waals surface area contributed by atoms with E-state index in [2.05, 4.69) is 38.5 Å². The van der Waals surface area contributed by atoms with Gasteiger partial charge in [0, 0.05) is 10.5 Å². The summed E-state index contributed by atoms with van der Waals surface area (Å²) in [6.45, 7) is 2.68. The SMILES string of the molecule is CCOC(=O)/C=C/c1ccc(OCc2ccc(Br)cc2)c(I)c1. The number of halogens is 2. The van der Waals surface area contributed by atoms with Gasteiger partial charge >= 0.3 is 5.97 Å². The Morgan fingerprint density at radius 1 is 1.22 bits per heavy atom. The van der Waals surface area contributed by atoms with Crippen molar-refractivity contribution in [2.24, 2.45) is 0 Å². The summed E-state index contributed by atoms with van der Waals surface area (Å²) < 4.78 is 12.7. The van der Waals surface area contributed by atoms with E-state index in [1.165, 1.54) is 6.08 Å². The zero-order chi connectivity index (χ0) is 16.7. The van der Waals surface area contributed by atoms with Crippen molar-refractivity contribution in [2.75, 3.05) is 6.61 Å². The van der Waals surface area contributed by atoms with Gasteiger partial charge in [-0.25, -0.2) is 4.79 Å². The van der Waals surface area contributed by atoms with Crippen LogP contribution >= 0.6 is 38.5 Å². The van der Waals surface area contributed by atoms with E-state index in [0.717, 1.165) is 24.9 Å². The molecule has 23 heavy (non-hydrogen) atoms. The fraction of sp³-hybridized carbons (Fsp3) is 0.167. The number of carbonyl (C=O) groups excluding carboxylic acids is 1. The minimum atomic E-state index is -0.335. The first kappa shape index (κ1) is 18.0. The topological polar surface area (TPSA) is 35.5 Å². The lowest BCUT2D eigenvalue weighted by Crippen LogP contribution is -1.99. The first-order valence-electron chi connectivity index (χ1n) is 7.10. The Morgan fingerprint density at radius 2 is 1.96 bits per heavy atom. The molecule has 0 aliphatic heterocycles. The van der Waals surface area contributed by atoms with Crippen molar-refractivity contribution in [3.8, 4) is 5.75 Å². The molecule has 0 heterocycles. The van der Waals surface area contributed by atoms with Crippen molar-refractivity contribution in [3.63, 3.8) is 0 Å². The summed E-state index contributed by atoms with van der Waals surface area (Å²) in [4.78, 5) is 11.3. The molecule has 0 aliphatic rings. The lowest BCUT2D eigenvalue weighted by Gasteiger charge is -2.09. The Bertz CT molecular complexity index is 696. The van der Waals surface area contributed by atoms with Crippen molar-refractivity contribution in [1.82, 2.24) is 0 Å². The molecule has 0 atom stereocenters. The number of rotatable bonds is 6. The van der Waals surface area contributed by atoms with E-state index in [9.17, 15) is 4.79 Å². The highest BCUT2D eigenvalue weighted by molar-refractivity contribution is 14.1. The Labute approximate surface area is 158 Å². The van der Waals surface area contributed by atoms with Crippen LogP contribution in [-0.2, 0) is 16.1 Å². The molecule has 2 aromatic rings. The van der Waals surface area contributed by atoms with Gasteiger partial charge in [0.15, 0.2) is 0 Å². The highest BCUT2D eigenvalue weighted by atomic mass is 127. The fourth-order valence-corrected chi connectivity index (χ4v) is 2.79. The summed E-state index contributed by atoms with van der Waals surface area (Å²) in [5.41, 5.74) is 2.04. The molecule has 0 spiro atoms. The molecule has 120 valence electrons. The van der Waals surface area contributed by atoms with E-state index in [0.29, 0.717) is 13.2 Å². The summed E-state index contributed by atoms with van der Waals surface area (Å²) in [5.74, 6) is 0.486. The van der Waals surface area contributed by atoms with Crippen molar-refractivity contribution < 1.29 is 14.3 Å². The Hall–Kier alpha value is -1.34. The van der Waals surface area contributed by atoms with Crippen LogP contribution in [-0.4, -0.2) is 12.6 Å². The van der Waals surface area contributed by atoms with Crippen LogP contribution in [0.4, 0.5) is 0 Å². The summed E-state index contributed by atoms with van der Waals surface area (Å²) in [7, 11) is 0. The summed E-state index contributed by atoms with van der Waals surface area (Å²) in [5, 5.41) is 0. The molecule has 0 saturated heterocycles. The van der Waals surface area contributed by atoms with E-state index in [1.54, 1.807) is 13.0 Å². The number of esters is 1. The van der Waals surface area contributed by atoms with Crippen LogP contribution in [0.25, 0.3) is 6.08 Å². The predicted octanol–water partition coefficient (Wildman–Crippen LogP) is 5.21. The van der Waals surface area contributed by atoms with Gasteiger partial charge in [0.1, 0.15) is 12.4 Å². The molecule has 5 heteroatoms. The molecular weight excluding hydrogens is 471 g/mol. The number of carbonyl (C=O) groups is 1. The van der Waals surface area contributed by atoms with Crippen LogP contribution in [0.5, 0.6) is 5.75 Å². The third-order valence-corrected chi connectivity index (χ3v) is 4.33. The normalized spacial score (nSPS) is 10.7. The molecule has 0 amide bonds. The smallest absolute Gasteiger partial charge is 0.330 e. The van der Waals surface area contributed by atoms with Gasteiger partial charge in [-0.3, -0.25) is 0 Å². The molecule has 0 unspecified atom stereocenters. The second-order valence-corrected chi connectivity index (χ2v) is 6.77. The highest BCUT2D eigenvalue weighted by Crippen LogP contribution is 2.24. The quantitative estimate of drug-likeness (QED) is 0.319. The standard InChI is InChI=1S/C18H16BrIO3/c1-2-22-18(21)10-6-13-5-9-17(16(20)11-13)23-12-14-3-7-15(19)8-4-14/h3-11H,2,12H2,1H3/b10-6+. The lowest BCUT2D eigenvalue weighted by molar-refractivity contribution is -0.137. The minimum absolute atomic E-state index is 0.335. The van der Waals surface area contributed by atoms with Crippen molar-refractivity contribution in [2.45, 2.75) is 13.5 Å². The van der Waals surface area contributed by atoms with Crippen molar-refractivity contribution >= 4 is 50.6 Å². The van der Waals surface area contributed by atoms with Gasteiger partial charge in [0.25, 0.3) is 0 Å². The van der Waals surface area contributed by atoms with Crippen LogP contribution < -0.4 is 4.74 Å². The maximum Gasteiger partial charge on any atom is 0.330 e. The van der Waals surface area contributed by atoms with E-state index >= 15 is 0 Å². The summed E-state index contributed by atoms with van der Waals surface area (Å²) in [6, 6.07) is 13.8. The molecular formula is C18H16BrIO3. The molecule has 0 saturated carbocycles. The molecule has 0 aliphatic carbocycles. The Balaban J connectivity index is 1.99. The van der Waals surface area contributed by atoms with Gasteiger partial charge in [0.05, 0.1) is 10.2 Å². The Kier molecular flexibility index (Phi) is 7.11. The van der Waals surface area contributed by atoms with Gasteiger partial charge in [0.2, 0.25) is 0 Å². The minimum Gasteiger partial charge on any atom is -0.488 e. The van der Waals surface area contributed by atoms with Gasteiger partial charge in [-0.05, 0) is 71.0 Å². The Morgan fingerprint density at radius 3 is 2.61 bits per heavy atom. The van der Waals surface area contributed by atoms with E-state index < -0.39 is 0 Å². The monoisotopic (exact) mass is 486 g/mol. The lowest BCUT2D eigenvalue weighted by atomic mass is 10.2. The van der Waals surface area contributed by atoms with Gasteiger partial charge in [-0.15, -0.1) is 0 Å². The second kappa shape index (κ2) is 9.08. The predicted molar refractivity (Wildman–Crippen MR) is 103 cm³/mol. The molecule has 3 nitrogen and oxygen atoms in total. The number of hydrogen-bond acceptors (Lipinski definition) is 3. The molecule has 0 N–H and O–H groups in total. The molecule has 0 radical (unpaired) electrons. The molecule has 0 bridgehead atoms. The van der Waals surface area contributed by atoms with Crippen LogP contribution in [0.15, 0.2) is 53.0 Å². The van der Waals surface area contributed by atoms with Crippen LogP contribution in [0.2, 0.25) is 0 Å². The van der Waals surface area contributed by atoms with E-state index in [1.807, 2.05) is 42.5 Å². The molecule has 2 aromatic carbocycles.